The van der Waals surface area contributed by atoms with Gasteiger partial charge in [0.15, 0.2) is 0 Å². The Bertz CT molecular complexity index is 568. The number of amides is 1. The smallest absolute Gasteiger partial charge is 0.262 e. The SMILES string of the molecule is Cl.O=C(Nc1cccc(OCC2CCCO2)c1)C1CC(F)(F)CN1. The van der Waals surface area contributed by atoms with Crippen molar-refractivity contribution >= 4 is 24.0 Å². The summed E-state index contributed by atoms with van der Waals surface area (Å²) in [5.41, 5.74) is 0.525. The number of rotatable bonds is 5. The zero-order chi connectivity index (χ0) is 16.3. The van der Waals surface area contributed by atoms with E-state index in [1.54, 1.807) is 24.3 Å². The van der Waals surface area contributed by atoms with E-state index < -0.39 is 30.8 Å². The molecule has 134 valence electrons. The molecule has 8 heteroatoms. The number of anilines is 1. The van der Waals surface area contributed by atoms with Gasteiger partial charge in [0, 0.05) is 24.8 Å². The lowest BCUT2D eigenvalue weighted by Crippen LogP contribution is -2.35. The van der Waals surface area contributed by atoms with Gasteiger partial charge in [0.25, 0.3) is 5.92 Å². The molecule has 0 spiro atoms. The quantitative estimate of drug-likeness (QED) is 0.845. The Kier molecular flexibility index (Phi) is 6.37. The first-order valence-electron chi connectivity index (χ1n) is 7.78. The van der Waals surface area contributed by atoms with Crippen LogP contribution in [0.5, 0.6) is 5.75 Å². The Hall–Kier alpha value is -1.44. The van der Waals surface area contributed by atoms with E-state index in [1.165, 1.54) is 0 Å². The Balaban J connectivity index is 0.00000208. The molecule has 1 amide bonds. The monoisotopic (exact) mass is 362 g/mol. The van der Waals surface area contributed by atoms with Crippen LogP contribution in [-0.4, -0.2) is 43.7 Å². The molecule has 2 N–H and O–H groups in total. The Labute approximate surface area is 145 Å². The number of hydrogen-bond donors (Lipinski definition) is 2. The van der Waals surface area contributed by atoms with Crippen LogP contribution >= 0.6 is 12.4 Å². The van der Waals surface area contributed by atoms with E-state index in [4.69, 9.17) is 9.47 Å². The second kappa shape index (κ2) is 8.09. The Morgan fingerprint density at radius 2 is 2.29 bits per heavy atom. The molecule has 5 nitrogen and oxygen atoms in total. The number of carbonyl (C=O) groups excluding carboxylic acids is 1. The van der Waals surface area contributed by atoms with Crippen LogP contribution in [-0.2, 0) is 9.53 Å². The van der Waals surface area contributed by atoms with Crippen molar-refractivity contribution in [2.24, 2.45) is 0 Å². The maximum atomic E-state index is 13.1. The minimum Gasteiger partial charge on any atom is -0.491 e. The molecule has 0 radical (unpaired) electrons. The van der Waals surface area contributed by atoms with E-state index in [0.29, 0.717) is 18.0 Å². The van der Waals surface area contributed by atoms with Crippen molar-refractivity contribution in [3.63, 3.8) is 0 Å². The molecular weight excluding hydrogens is 342 g/mol. The molecular formula is C16H21ClF2N2O3. The summed E-state index contributed by atoms with van der Waals surface area (Å²) in [6.07, 6.45) is 1.66. The minimum absolute atomic E-state index is 0. The molecule has 2 aliphatic rings. The predicted octanol–water partition coefficient (Wildman–Crippen LogP) is 2.60. The van der Waals surface area contributed by atoms with Crippen LogP contribution in [0.25, 0.3) is 0 Å². The maximum absolute atomic E-state index is 13.1. The van der Waals surface area contributed by atoms with E-state index in [9.17, 15) is 13.6 Å². The number of nitrogens with one attached hydrogen (secondary N) is 2. The molecule has 2 aliphatic heterocycles. The van der Waals surface area contributed by atoms with E-state index in [-0.39, 0.29) is 18.5 Å². The fourth-order valence-electron chi connectivity index (χ4n) is 2.76. The van der Waals surface area contributed by atoms with Gasteiger partial charge in [-0.2, -0.15) is 0 Å². The highest BCUT2D eigenvalue weighted by molar-refractivity contribution is 5.95. The minimum atomic E-state index is -2.83. The largest absolute Gasteiger partial charge is 0.491 e. The fraction of sp³-hybridized carbons (Fsp3) is 0.562. The molecule has 2 unspecified atom stereocenters. The van der Waals surface area contributed by atoms with E-state index in [2.05, 4.69) is 10.6 Å². The molecule has 3 rings (SSSR count). The van der Waals surface area contributed by atoms with Crippen molar-refractivity contribution in [2.75, 3.05) is 25.1 Å². The summed E-state index contributed by atoms with van der Waals surface area (Å²) in [6, 6.07) is 6.04. The lowest BCUT2D eigenvalue weighted by atomic mass is 10.2. The van der Waals surface area contributed by atoms with Gasteiger partial charge in [-0.05, 0) is 25.0 Å². The lowest BCUT2D eigenvalue weighted by Gasteiger charge is -2.14. The average Bonchev–Trinajstić information content (AvgIpc) is 3.15. The molecule has 2 saturated heterocycles. The second-order valence-corrected chi connectivity index (χ2v) is 5.96. The van der Waals surface area contributed by atoms with Gasteiger partial charge < -0.3 is 14.8 Å². The molecule has 2 heterocycles. The van der Waals surface area contributed by atoms with Crippen LogP contribution in [0.15, 0.2) is 24.3 Å². The predicted molar refractivity (Wildman–Crippen MR) is 88.1 cm³/mol. The van der Waals surface area contributed by atoms with Crippen molar-refractivity contribution in [1.82, 2.24) is 5.32 Å². The highest BCUT2D eigenvalue weighted by Gasteiger charge is 2.42. The van der Waals surface area contributed by atoms with Gasteiger partial charge in [-0.15, -0.1) is 12.4 Å². The summed E-state index contributed by atoms with van der Waals surface area (Å²) >= 11 is 0. The Morgan fingerprint density at radius 1 is 1.46 bits per heavy atom. The van der Waals surface area contributed by atoms with Crippen LogP contribution in [0.2, 0.25) is 0 Å². The summed E-state index contributed by atoms with van der Waals surface area (Å²) in [6.45, 7) is 0.770. The first-order valence-corrected chi connectivity index (χ1v) is 7.78. The molecule has 2 atom stereocenters. The van der Waals surface area contributed by atoms with Gasteiger partial charge in [0.05, 0.1) is 18.7 Å². The normalized spacial score (nSPS) is 25.1. The van der Waals surface area contributed by atoms with Gasteiger partial charge in [-0.1, -0.05) is 6.07 Å². The van der Waals surface area contributed by atoms with Gasteiger partial charge >= 0.3 is 0 Å². The molecule has 24 heavy (non-hydrogen) atoms. The molecule has 2 fully saturated rings. The van der Waals surface area contributed by atoms with Crippen molar-refractivity contribution in [1.29, 1.82) is 0 Å². The van der Waals surface area contributed by atoms with Crippen LogP contribution in [0.3, 0.4) is 0 Å². The third-order valence-corrected chi connectivity index (χ3v) is 3.99. The van der Waals surface area contributed by atoms with Crippen LogP contribution in [0, 0.1) is 0 Å². The number of carbonyl (C=O) groups is 1. The number of hydrogen-bond acceptors (Lipinski definition) is 4. The summed E-state index contributed by atoms with van der Waals surface area (Å²) in [4.78, 5) is 12.0. The van der Waals surface area contributed by atoms with Gasteiger partial charge in [0.2, 0.25) is 5.91 Å². The fourth-order valence-corrected chi connectivity index (χ4v) is 2.76. The summed E-state index contributed by atoms with van der Waals surface area (Å²) in [5, 5.41) is 5.18. The highest BCUT2D eigenvalue weighted by Crippen LogP contribution is 2.26. The maximum Gasteiger partial charge on any atom is 0.262 e. The third kappa shape index (κ3) is 5.03. The number of benzene rings is 1. The van der Waals surface area contributed by atoms with Gasteiger partial charge in [0.1, 0.15) is 12.4 Å². The first-order chi connectivity index (χ1) is 11.0. The standard InChI is InChI=1S/C16H20F2N2O3.ClH/c17-16(18)8-14(19-10-16)15(21)20-11-3-1-4-12(7-11)23-9-13-5-2-6-22-13;/h1,3-4,7,13-14,19H,2,5-6,8-10H2,(H,20,21);1H. The van der Waals surface area contributed by atoms with Crippen LogP contribution in [0.4, 0.5) is 14.5 Å². The van der Waals surface area contributed by atoms with E-state index >= 15 is 0 Å². The summed E-state index contributed by atoms with van der Waals surface area (Å²) < 4.78 is 37.4. The molecule has 0 bridgehead atoms. The topological polar surface area (TPSA) is 59.6 Å². The van der Waals surface area contributed by atoms with Crippen molar-refractivity contribution < 1.29 is 23.0 Å². The molecule has 1 aromatic carbocycles. The number of ether oxygens (including phenoxy) is 2. The van der Waals surface area contributed by atoms with Gasteiger partial charge in [-0.3, -0.25) is 10.1 Å². The molecule has 0 aromatic heterocycles. The van der Waals surface area contributed by atoms with Crippen molar-refractivity contribution in [2.45, 2.75) is 37.3 Å². The Morgan fingerprint density at radius 3 is 2.96 bits per heavy atom. The highest BCUT2D eigenvalue weighted by atomic mass is 35.5. The molecule has 0 saturated carbocycles. The van der Waals surface area contributed by atoms with E-state index in [1.807, 2.05) is 0 Å². The average molecular weight is 363 g/mol. The zero-order valence-electron chi connectivity index (χ0n) is 13.1. The number of halogens is 3. The lowest BCUT2D eigenvalue weighted by molar-refractivity contribution is -0.118. The second-order valence-electron chi connectivity index (χ2n) is 5.96. The summed E-state index contributed by atoms with van der Waals surface area (Å²) in [5.74, 6) is -2.67. The molecule has 1 aromatic rings. The first kappa shape index (κ1) is 18.9. The number of alkyl halides is 2. The van der Waals surface area contributed by atoms with Crippen LogP contribution < -0.4 is 15.4 Å². The summed E-state index contributed by atoms with van der Waals surface area (Å²) in [7, 11) is 0. The van der Waals surface area contributed by atoms with Crippen LogP contribution in [0.1, 0.15) is 19.3 Å². The van der Waals surface area contributed by atoms with Gasteiger partial charge in [-0.25, -0.2) is 8.78 Å². The molecule has 0 aliphatic carbocycles. The zero-order valence-corrected chi connectivity index (χ0v) is 13.9. The van der Waals surface area contributed by atoms with Crippen molar-refractivity contribution in [3.8, 4) is 5.75 Å². The van der Waals surface area contributed by atoms with E-state index in [0.717, 1.165) is 19.4 Å². The van der Waals surface area contributed by atoms with Crippen molar-refractivity contribution in [3.05, 3.63) is 24.3 Å². The third-order valence-electron chi connectivity index (χ3n) is 3.99.